The van der Waals surface area contributed by atoms with Gasteiger partial charge in [0.15, 0.2) is 6.61 Å². The Morgan fingerprint density at radius 3 is 2.10 bits per heavy atom. The zero-order valence-electron chi connectivity index (χ0n) is 16.2. The Balaban J connectivity index is 1.53. The molecule has 3 aromatic carbocycles. The Kier molecular flexibility index (Phi) is 7.63. The lowest BCUT2D eigenvalue weighted by Crippen LogP contribution is -2.20. The molecular weight excluding hydrogens is 463 g/mol. The Labute approximate surface area is 194 Å². The van der Waals surface area contributed by atoms with Crippen LogP contribution >= 0.6 is 34.8 Å². The lowest BCUT2D eigenvalue weighted by Gasteiger charge is -2.10. The van der Waals surface area contributed by atoms with Gasteiger partial charge in [-0.3, -0.25) is 9.59 Å². The van der Waals surface area contributed by atoms with Crippen molar-refractivity contribution in [1.82, 2.24) is 0 Å². The minimum absolute atomic E-state index is 0.212. The number of amides is 2. The summed E-state index contributed by atoms with van der Waals surface area (Å²) in [5.41, 5.74) is 1.46. The van der Waals surface area contributed by atoms with Crippen molar-refractivity contribution in [2.45, 2.75) is 0 Å². The Hall–Kier alpha value is -2.93. The number of carbonyl (C=O) groups excluding carboxylic acids is 2. The van der Waals surface area contributed by atoms with Crippen molar-refractivity contribution in [3.05, 3.63) is 81.3 Å². The average Bonchev–Trinajstić information content (AvgIpc) is 2.75. The second-order valence-corrected chi connectivity index (χ2v) is 7.52. The van der Waals surface area contributed by atoms with Gasteiger partial charge in [-0.25, -0.2) is 0 Å². The first-order valence-corrected chi connectivity index (χ1v) is 10.1. The van der Waals surface area contributed by atoms with E-state index in [1.54, 1.807) is 60.7 Å². The number of halogens is 3. The molecule has 6 nitrogen and oxygen atoms in total. The highest BCUT2D eigenvalue weighted by Crippen LogP contribution is 2.28. The molecule has 0 unspecified atom stereocenters. The van der Waals surface area contributed by atoms with E-state index in [1.165, 1.54) is 7.11 Å². The maximum Gasteiger partial charge on any atom is 0.262 e. The monoisotopic (exact) mass is 478 g/mol. The van der Waals surface area contributed by atoms with Crippen LogP contribution in [0.1, 0.15) is 10.4 Å². The topological polar surface area (TPSA) is 76.7 Å². The number of ether oxygens (including phenoxy) is 2. The molecule has 160 valence electrons. The number of hydrogen-bond donors (Lipinski definition) is 2. The van der Waals surface area contributed by atoms with Crippen LogP contribution in [0.5, 0.6) is 11.5 Å². The second-order valence-electron chi connectivity index (χ2n) is 6.29. The van der Waals surface area contributed by atoms with E-state index in [1.807, 2.05) is 0 Å². The highest BCUT2D eigenvalue weighted by molar-refractivity contribution is 6.42. The van der Waals surface area contributed by atoms with Crippen molar-refractivity contribution in [2.24, 2.45) is 0 Å². The van der Waals surface area contributed by atoms with Gasteiger partial charge in [0.1, 0.15) is 11.5 Å². The normalized spacial score (nSPS) is 10.3. The molecule has 3 rings (SSSR count). The summed E-state index contributed by atoms with van der Waals surface area (Å²) in [6.45, 7) is -0.212. The van der Waals surface area contributed by atoms with E-state index in [4.69, 9.17) is 44.3 Å². The quantitative estimate of drug-likeness (QED) is 0.441. The Bertz CT molecular complexity index is 1100. The molecule has 0 aromatic heterocycles. The third-order valence-corrected chi connectivity index (χ3v) is 5.13. The third kappa shape index (κ3) is 6.28. The van der Waals surface area contributed by atoms with Gasteiger partial charge in [-0.1, -0.05) is 34.8 Å². The van der Waals surface area contributed by atoms with Crippen LogP contribution in [-0.2, 0) is 4.79 Å². The van der Waals surface area contributed by atoms with Crippen LogP contribution in [0, 0.1) is 0 Å². The molecule has 0 spiro atoms. The fraction of sp³-hybridized carbons (Fsp3) is 0.0909. The van der Waals surface area contributed by atoms with Gasteiger partial charge < -0.3 is 20.1 Å². The van der Waals surface area contributed by atoms with E-state index in [2.05, 4.69) is 10.6 Å². The van der Waals surface area contributed by atoms with Gasteiger partial charge in [0.25, 0.3) is 11.8 Å². The zero-order chi connectivity index (χ0) is 22.4. The summed E-state index contributed by atoms with van der Waals surface area (Å²) in [7, 11) is 1.51. The standard InChI is InChI=1S/C22H17Cl3N2O4/c1-30-20-9-5-15(11-19(20)25)27-22(29)13-2-6-16(7-3-13)31-12-21(28)26-14-4-8-17(23)18(24)10-14/h2-11H,12H2,1H3,(H,26,28)(H,27,29). The van der Waals surface area contributed by atoms with Gasteiger partial charge in [0.05, 0.1) is 22.2 Å². The molecule has 0 fully saturated rings. The smallest absolute Gasteiger partial charge is 0.262 e. The first-order valence-electron chi connectivity index (χ1n) is 8.98. The summed E-state index contributed by atoms with van der Waals surface area (Å²) in [6.07, 6.45) is 0. The van der Waals surface area contributed by atoms with Crippen molar-refractivity contribution in [1.29, 1.82) is 0 Å². The van der Waals surface area contributed by atoms with Crippen LogP contribution in [-0.4, -0.2) is 25.5 Å². The van der Waals surface area contributed by atoms with Gasteiger partial charge in [0, 0.05) is 16.9 Å². The molecule has 0 saturated heterocycles. The minimum Gasteiger partial charge on any atom is -0.495 e. The number of nitrogens with one attached hydrogen (secondary N) is 2. The minimum atomic E-state index is -0.364. The summed E-state index contributed by atoms with van der Waals surface area (Å²) in [5.74, 6) is 0.277. The number of carbonyl (C=O) groups is 2. The van der Waals surface area contributed by atoms with E-state index in [9.17, 15) is 9.59 Å². The zero-order valence-corrected chi connectivity index (χ0v) is 18.5. The van der Waals surface area contributed by atoms with Crippen molar-refractivity contribution in [2.75, 3.05) is 24.4 Å². The van der Waals surface area contributed by atoms with E-state index < -0.39 is 0 Å². The first-order chi connectivity index (χ1) is 14.9. The largest absolute Gasteiger partial charge is 0.495 e. The third-order valence-electron chi connectivity index (χ3n) is 4.10. The molecule has 9 heteroatoms. The molecule has 0 radical (unpaired) electrons. The van der Waals surface area contributed by atoms with Gasteiger partial charge in [0.2, 0.25) is 0 Å². The number of hydrogen-bond acceptors (Lipinski definition) is 4. The van der Waals surface area contributed by atoms with Gasteiger partial charge in [-0.2, -0.15) is 0 Å². The number of methoxy groups -OCH3 is 1. The molecule has 2 N–H and O–H groups in total. The summed E-state index contributed by atoms with van der Waals surface area (Å²) in [4.78, 5) is 24.4. The van der Waals surface area contributed by atoms with Crippen LogP contribution in [0.2, 0.25) is 15.1 Å². The van der Waals surface area contributed by atoms with E-state index in [0.29, 0.717) is 43.5 Å². The van der Waals surface area contributed by atoms with Crippen LogP contribution in [0.15, 0.2) is 60.7 Å². The van der Waals surface area contributed by atoms with Crippen LogP contribution in [0.3, 0.4) is 0 Å². The van der Waals surface area contributed by atoms with Crippen LogP contribution < -0.4 is 20.1 Å². The number of anilines is 2. The Morgan fingerprint density at radius 2 is 1.45 bits per heavy atom. The molecule has 0 atom stereocenters. The molecule has 3 aromatic rings. The molecule has 0 saturated carbocycles. The van der Waals surface area contributed by atoms with Gasteiger partial charge in [-0.15, -0.1) is 0 Å². The van der Waals surface area contributed by atoms with Crippen molar-refractivity contribution in [3.63, 3.8) is 0 Å². The highest BCUT2D eigenvalue weighted by Gasteiger charge is 2.10. The molecule has 0 bridgehead atoms. The SMILES string of the molecule is COc1ccc(NC(=O)c2ccc(OCC(=O)Nc3ccc(Cl)c(Cl)c3)cc2)cc1Cl. The molecule has 0 heterocycles. The predicted molar refractivity (Wildman–Crippen MR) is 123 cm³/mol. The molecule has 31 heavy (non-hydrogen) atoms. The Morgan fingerprint density at radius 1 is 0.806 bits per heavy atom. The molecular formula is C22H17Cl3N2O4. The summed E-state index contributed by atoms with van der Waals surface area (Å²) in [6, 6.07) is 16.1. The second kappa shape index (κ2) is 10.4. The van der Waals surface area contributed by atoms with Gasteiger partial charge in [-0.05, 0) is 60.7 Å². The maximum absolute atomic E-state index is 12.4. The van der Waals surface area contributed by atoms with E-state index in [0.717, 1.165) is 0 Å². The average molecular weight is 480 g/mol. The predicted octanol–water partition coefficient (Wildman–Crippen LogP) is 5.93. The number of benzene rings is 3. The molecule has 0 aliphatic heterocycles. The lowest BCUT2D eigenvalue weighted by molar-refractivity contribution is -0.118. The number of rotatable bonds is 7. The fourth-order valence-corrected chi connectivity index (χ4v) is 3.13. The molecule has 0 aliphatic rings. The van der Waals surface area contributed by atoms with Crippen molar-refractivity contribution >= 4 is 58.0 Å². The molecule has 0 aliphatic carbocycles. The maximum atomic E-state index is 12.4. The highest BCUT2D eigenvalue weighted by atomic mass is 35.5. The van der Waals surface area contributed by atoms with Crippen molar-refractivity contribution in [3.8, 4) is 11.5 Å². The first kappa shape index (κ1) is 22.7. The van der Waals surface area contributed by atoms with Crippen LogP contribution in [0.4, 0.5) is 11.4 Å². The summed E-state index contributed by atoms with van der Waals surface area (Å²) in [5, 5.41) is 6.54. The van der Waals surface area contributed by atoms with Crippen LogP contribution in [0.25, 0.3) is 0 Å². The summed E-state index contributed by atoms with van der Waals surface area (Å²) >= 11 is 17.8. The van der Waals surface area contributed by atoms with E-state index >= 15 is 0 Å². The molecule has 2 amide bonds. The van der Waals surface area contributed by atoms with E-state index in [-0.39, 0.29) is 18.4 Å². The summed E-state index contributed by atoms with van der Waals surface area (Å²) < 4.78 is 10.5. The fourth-order valence-electron chi connectivity index (χ4n) is 2.57. The lowest BCUT2D eigenvalue weighted by atomic mass is 10.2. The van der Waals surface area contributed by atoms with Gasteiger partial charge >= 0.3 is 0 Å². The van der Waals surface area contributed by atoms with Crippen molar-refractivity contribution < 1.29 is 19.1 Å².